The van der Waals surface area contributed by atoms with E-state index in [0.29, 0.717) is 0 Å². The third-order valence-corrected chi connectivity index (χ3v) is 2.98. The van der Waals surface area contributed by atoms with Crippen molar-refractivity contribution in [1.82, 2.24) is 15.1 Å². The van der Waals surface area contributed by atoms with Gasteiger partial charge < -0.3 is 10.2 Å². The average Bonchev–Trinajstić information content (AvgIpc) is 2.63. The van der Waals surface area contributed by atoms with Crippen LogP contribution in [0.5, 0.6) is 0 Å². The van der Waals surface area contributed by atoms with Crippen molar-refractivity contribution < 1.29 is 0 Å². The molecule has 15 heavy (non-hydrogen) atoms. The standard InChI is InChI=1S/C11H20N4/c1-3-4-10-11(9-13-14(10)2)15-7-5-12-6-8-15/h9,12H,3-8H2,1-2H3. The monoisotopic (exact) mass is 208 g/mol. The van der Waals surface area contributed by atoms with E-state index in [2.05, 4.69) is 22.2 Å². The summed E-state index contributed by atoms with van der Waals surface area (Å²) in [5, 5.41) is 7.74. The van der Waals surface area contributed by atoms with Crippen molar-refractivity contribution in [3.63, 3.8) is 0 Å². The normalized spacial score (nSPS) is 17.1. The van der Waals surface area contributed by atoms with Gasteiger partial charge in [0.25, 0.3) is 0 Å². The lowest BCUT2D eigenvalue weighted by Gasteiger charge is -2.29. The Morgan fingerprint density at radius 1 is 1.40 bits per heavy atom. The molecule has 1 aliphatic rings. The molecule has 1 fully saturated rings. The minimum absolute atomic E-state index is 1.08. The van der Waals surface area contributed by atoms with E-state index in [1.165, 1.54) is 17.8 Å². The first-order valence-electron chi connectivity index (χ1n) is 5.79. The first-order chi connectivity index (χ1) is 7.33. The molecule has 0 radical (unpaired) electrons. The summed E-state index contributed by atoms with van der Waals surface area (Å²) in [6.07, 6.45) is 4.31. The van der Waals surface area contributed by atoms with E-state index in [0.717, 1.165) is 32.6 Å². The zero-order valence-electron chi connectivity index (χ0n) is 9.66. The van der Waals surface area contributed by atoms with Crippen LogP contribution in [0.3, 0.4) is 0 Å². The molecule has 0 aliphatic carbocycles. The highest BCUT2D eigenvalue weighted by Gasteiger charge is 2.16. The highest BCUT2D eigenvalue weighted by Crippen LogP contribution is 2.21. The number of hydrogen-bond acceptors (Lipinski definition) is 3. The number of rotatable bonds is 3. The molecule has 0 saturated carbocycles. The summed E-state index contributed by atoms with van der Waals surface area (Å²) in [7, 11) is 2.04. The van der Waals surface area contributed by atoms with E-state index in [-0.39, 0.29) is 0 Å². The summed E-state index contributed by atoms with van der Waals surface area (Å²) in [5.74, 6) is 0. The second kappa shape index (κ2) is 4.66. The van der Waals surface area contributed by atoms with E-state index in [1.54, 1.807) is 0 Å². The van der Waals surface area contributed by atoms with Gasteiger partial charge in [-0.05, 0) is 6.42 Å². The quantitative estimate of drug-likeness (QED) is 0.797. The van der Waals surface area contributed by atoms with E-state index in [9.17, 15) is 0 Å². The van der Waals surface area contributed by atoms with Gasteiger partial charge in [-0.2, -0.15) is 5.10 Å². The second-order valence-corrected chi connectivity index (χ2v) is 4.09. The second-order valence-electron chi connectivity index (χ2n) is 4.09. The zero-order chi connectivity index (χ0) is 10.7. The molecule has 0 aromatic carbocycles. The van der Waals surface area contributed by atoms with Crippen molar-refractivity contribution in [2.45, 2.75) is 19.8 Å². The first kappa shape index (κ1) is 10.5. The van der Waals surface area contributed by atoms with Crippen LogP contribution < -0.4 is 10.2 Å². The van der Waals surface area contributed by atoms with Crippen molar-refractivity contribution in [2.75, 3.05) is 31.1 Å². The van der Waals surface area contributed by atoms with Crippen LogP contribution >= 0.6 is 0 Å². The van der Waals surface area contributed by atoms with Crippen molar-refractivity contribution in [2.24, 2.45) is 7.05 Å². The number of hydrogen-bond donors (Lipinski definition) is 1. The molecule has 4 nitrogen and oxygen atoms in total. The molecule has 1 aromatic heterocycles. The molecule has 0 unspecified atom stereocenters. The Kier molecular flexibility index (Phi) is 3.26. The van der Waals surface area contributed by atoms with Gasteiger partial charge >= 0.3 is 0 Å². The summed E-state index contributed by atoms with van der Waals surface area (Å²) < 4.78 is 2.01. The fraction of sp³-hybridized carbons (Fsp3) is 0.727. The van der Waals surface area contributed by atoms with Gasteiger partial charge in [-0.15, -0.1) is 0 Å². The highest BCUT2D eigenvalue weighted by atomic mass is 15.3. The van der Waals surface area contributed by atoms with Crippen LogP contribution in [0.25, 0.3) is 0 Å². The summed E-state index contributed by atoms with van der Waals surface area (Å²) in [6.45, 7) is 6.58. The van der Waals surface area contributed by atoms with Crippen LogP contribution in [-0.2, 0) is 13.5 Å². The van der Waals surface area contributed by atoms with Gasteiger partial charge in [0.15, 0.2) is 0 Å². The van der Waals surface area contributed by atoms with Gasteiger partial charge in [-0.3, -0.25) is 4.68 Å². The third-order valence-electron chi connectivity index (χ3n) is 2.98. The van der Waals surface area contributed by atoms with Gasteiger partial charge in [0.2, 0.25) is 0 Å². The van der Waals surface area contributed by atoms with Gasteiger partial charge in [0.1, 0.15) is 0 Å². The number of nitrogens with zero attached hydrogens (tertiary/aromatic N) is 3. The lowest BCUT2D eigenvalue weighted by molar-refractivity contribution is 0.586. The SMILES string of the molecule is CCCc1c(N2CCNCC2)cnn1C. The van der Waals surface area contributed by atoms with E-state index < -0.39 is 0 Å². The Labute approximate surface area is 91.3 Å². The minimum Gasteiger partial charge on any atom is -0.366 e. The number of aryl methyl sites for hydroxylation is 1. The Balaban J connectivity index is 2.18. The number of anilines is 1. The maximum atomic E-state index is 4.36. The first-order valence-corrected chi connectivity index (χ1v) is 5.79. The van der Waals surface area contributed by atoms with Crippen LogP contribution in [0, 0.1) is 0 Å². The van der Waals surface area contributed by atoms with Gasteiger partial charge in [-0.25, -0.2) is 0 Å². The third kappa shape index (κ3) is 2.15. The van der Waals surface area contributed by atoms with Crippen LogP contribution in [-0.4, -0.2) is 36.0 Å². The van der Waals surface area contributed by atoms with Crippen LogP contribution in [0.1, 0.15) is 19.0 Å². The molecule has 0 amide bonds. The van der Waals surface area contributed by atoms with E-state index >= 15 is 0 Å². The Morgan fingerprint density at radius 3 is 2.80 bits per heavy atom. The fourth-order valence-corrected chi connectivity index (χ4v) is 2.15. The summed E-state index contributed by atoms with van der Waals surface area (Å²) >= 11 is 0. The average molecular weight is 208 g/mol. The predicted octanol–water partition coefficient (Wildman–Crippen LogP) is 0.782. The van der Waals surface area contributed by atoms with Crippen molar-refractivity contribution >= 4 is 5.69 Å². The van der Waals surface area contributed by atoms with Gasteiger partial charge in [-0.1, -0.05) is 13.3 Å². The molecule has 0 bridgehead atoms. The molecular formula is C11H20N4. The highest BCUT2D eigenvalue weighted by molar-refractivity contribution is 5.50. The van der Waals surface area contributed by atoms with Gasteiger partial charge in [0, 0.05) is 33.2 Å². The van der Waals surface area contributed by atoms with E-state index in [1.807, 2.05) is 17.9 Å². The van der Waals surface area contributed by atoms with Crippen molar-refractivity contribution in [3.05, 3.63) is 11.9 Å². The minimum atomic E-state index is 1.08. The zero-order valence-corrected chi connectivity index (χ0v) is 9.66. The summed E-state index contributed by atoms with van der Waals surface area (Å²) in [6, 6.07) is 0. The molecule has 2 rings (SSSR count). The molecule has 1 N–H and O–H groups in total. The molecule has 84 valence electrons. The maximum Gasteiger partial charge on any atom is 0.0785 e. The molecule has 1 aliphatic heterocycles. The van der Waals surface area contributed by atoms with Crippen LogP contribution in [0.15, 0.2) is 6.20 Å². The topological polar surface area (TPSA) is 33.1 Å². The fourth-order valence-electron chi connectivity index (χ4n) is 2.15. The molecule has 0 spiro atoms. The van der Waals surface area contributed by atoms with Crippen LogP contribution in [0.4, 0.5) is 5.69 Å². The smallest absolute Gasteiger partial charge is 0.0785 e. The van der Waals surface area contributed by atoms with Crippen molar-refractivity contribution in [3.8, 4) is 0 Å². The molecule has 1 saturated heterocycles. The molecular weight excluding hydrogens is 188 g/mol. The number of nitrogens with one attached hydrogen (secondary N) is 1. The predicted molar refractivity (Wildman–Crippen MR) is 62.3 cm³/mol. The summed E-state index contributed by atoms with van der Waals surface area (Å²) in [5.41, 5.74) is 2.71. The molecule has 2 heterocycles. The Bertz CT molecular complexity index is 312. The molecule has 1 aromatic rings. The Hall–Kier alpha value is -1.03. The Morgan fingerprint density at radius 2 is 2.13 bits per heavy atom. The van der Waals surface area contributed by atoms with E-state index in [4.69, 9.17) is 0 Å². The molecule has 4 heteroatoms. The number of aromatic nitrogens is 2. The maximum absolute atomic E-state index is 4.36. The molecule has 0 atom stereocenters. The van der Waals surface area contributed by atoms with Crippen LogP contribution in [0.2, 0.25) is 0 Å². The van der Waals surface area contributed by atoms with Crippen molar-refractivity contribution in [1.29, 1.82) is 0 Å². The lowest BCUT2D eigenvalue weighted by atomic mass is 10.2. The lowest BCUT2D eigenvalue weighted by Crippen LogP contribution is -2.43. The summed E-state index contributed by atoms with van der Waals surface area (Å²) in [4.78, 5) is 2.44. The van der Waals surface area contributed by atoms with Gasteiger partial charge in [0.05, 0.1) is 17.6 Å². The number of piperazine rings is 1. The largest absolute Gasteiger partial charge is 0.366 e.